The average molecular weight is 452 g/mol. The van der Waals surface area contributed by atoms with E-state index in [9.17, 15) is 4.79 Å². The molecule has 0 aromatic carbocycles. The Morgan fingerprint density at radius 1 is 1.08 bits per heavy atom. The molecule has 0 aromatic heterocycles. The minimum absolute atomic E-state index is 0. The SMILES string of the molecule is CN=C(NCCNC(=O)C(C)(C)C)NCCC1CCCC(C)C1.I. The van der Waals surface area contributed by atoms with E-state index in [2.05, 4.69) is 27.9 Å². The number of hydrogen-bond acceptors (Lipinski definition) is 2. The van der Waals surface area contributed by atoms with Gasteiger partial charge in [-0.05, 0) is 24.7 Å². The maximum absolute atomic E-state index is 11.8. The zero-order valence-corrected chi connectivity index (χ0v) is 18.4. The molecule has 0 heterocycles. The van der Waals surface area contributed by atoms with E-state index < -0.39 is 0 Å². The van der Waals surface area contributed by atoms with E-state index >= 15 is 0 Å². The molecule has 1 saturated carbocycles. The van der Waals surface area contributed by atoms with Crippen LogP contribution in [0.15, 0.2) is 4.99 Å². The highest BCUT2D eigenvalue weighted by molar-refractivity contribution is 14.0. The molecule has 0 aromatic rings. The van der Waals surface area contributed by atoms with Crippen molar-refractivity contribution in [2.45, 2.75) is 59.8 Å². The van der Waals surface area contributed by atoms with Crippen molar-refractivity contribution in [1.82, 2.24) is 16.0 Å². The van der Waals surface area contributed by atoms with Crippen molar-refractivity contribution in [1.29, 1.82) is 0 Å². The highest BCUT2D eigenvalue weighted by Gasteiger charge is 2.20. The first-order valence-corrected chi connectivity index (χ1v) is 9.05. The van der Waals surface area contributed by atoms with Crippen molar-refractivity contribution in [2.75, 3.05) is 26.7 Å². The second-order valence-corrected chi connectivity index (χ2v) is 7.86. The van der Waals surface area contributed by atoms with Crippen LogP contribution in [-0.2, 0) is 4.79 Å². The number of hydrogen-bond donors (Lipinski definition) is 3. The summed E-state index contributed by atoms with van der Waals surface area (Å²) in [6, 6.07) is 0. The van der Waals surface area contributed by atoms with Crippen LogP contribution >= 0.6 is 24.0 Å². The molecule has 0 aliphatic heterocycles. The molecular formula is C18H37IN4O. The van der Waals surface area contributed by atoms with Crippen LogP contribution in [0.5, 0.6) is 0 Å². The minimum Gasteiger partial charge on any atom is -0.356 e. The van der Waals surface area contributed by atoms with Crippen LogP contribution < -0.4 is 16.0 Å². The number of amides is 1. The number of nitrogens with zero attached hydrogens (tertiary/aromatic N) is 1. The molecule has 1 aliphatic carbocycles. The van der Waals surface area contributed by atoms with Gasteiger partial charge in [0.1, 0.15) is 0 Å². The summed E-state index contributed by atoms with van der Waals surface area (Å²) in [6.45, 7) is 10.4. The molecule has 1 rings (SSSR count). The van der Waals surface area contributed by atoms with Crippen molar-refractivity contribution < 1.29 is 4.79 Å². The summed E-state index contributed by atoms with van der Waals surface area (Å²) in [5.74, 6) is 2.64. The van der Waals surface area contributed by atoms with E-state index in [0.29, 0.717) is 13.1 Å². The topological polar surface area (TPSA) is 65.5 Å². The average Bonchev–Trinajstić information content (AvgIpc) is 2.48. The number of halogens is 1. The van der Waals surface area contributed by atoms with Gasteiger partial charge in [0, 0.05) is 32.1 Å². The summed E-state index contributed by atoms with van der Waals surface area (Å²) in [5, 5.41) is 9.55. The van der Waals surface area contributed by atoms with Crippen LogP contribution in [0.1, 0.15) is 59.8 Å². The summed E-state index contributed by atoms with van der Waals surface area (Å²) in [5.41, 5.74) is -0.336. The van der Waals surface area contributed by atoms with Gasteiger partial charge in [-0.1, -0.05) is 47.0 Å². The number of carbonyl (C=O) groups excluding carboxylic acids is 1. The molecule has 3 N–H and O–H groups in total. The van der Waals surface area contributed by atoms with E-state index in [1.54, 1.807) is 7.05 Å². The summed E-state index contributed by atoms with van der Waals surface area (Å²) in [7, 11) is 1.78. The van der Waals surface area contributed by atoms with Gasteiger partial charge in [-0.25, -0.2) is 0 Å². The van der Waals surface area contributed by atoms with Crippen molar-refractivity contribution in [3.63, 3.8) is 0 Å². The molecule has 2 unspecified atom stereocenters. The van der Waals surface area contributed by atoms with Gasteiger partial charge >= 0.3 is 0 Å². The molecule has 6 heteroatoms. The first-order valence-electron chi connectivity index (χ1n) is 9.05. The second kappa shape index (κ2) is 11.9. The second-order valence-electron chi connectivity index (χ2n) is 7.86. The van der Waals surface area contributed by atoms with Crippen LogP contribution in [-0.4, -0.2) is 38.5 Å². The molecule has 2 atom stereocenters. The van der Waals surface area contributed by atoms with Crippen molar-refractivity contribution >= 4 is 35.8 Å². The number of rotatable bonds is 6. The third kappa shape index (κ3) is 9.69. The van der Waals surface area contributed by atoms with Gasteiger partial charge in [-0.15, -0.1) is 24.0 Å². The first-order chi connectivity index (χ1) is 10.8. The highest BCUT2D eigenvalue weighted by Crippen LogP contribution is 2.30. The molecule has 1 aliphatic rings. The number of aliphatic imine (C=N–C) groups is 1. The first kappa shape index (κ1) is 23.5. The smallest absolute Gasteiger partial charge is 0.225 e. The molecule has 1 fully saturated rings. The fraction of sp³-hybridized carbons (Fsp3) is 0.889. The molecule has 1 amide bonds. The third-order valence-corrected chi connectivity index (χ3v) is 4.50. The van der Waals surface area contributed by atoms with Gasteiger partial charge < -0.3 is 16.0 Å². The molecule has 0 saturated heterocycles. The fourth-order valence-electron chi connectivity index (χ4n) is 3.06. The molecule has 0 bridgehead atoms. The van der Waals surface area contributed by atoms with E-state index in [4.69, 9.17) is 0 Å². The van der Waals surface area contributed by atoms with Crippen molar-refractivity contribution in [2.24, 2.45) is 22.2 Å². The van der Waals surface area contributed by atoms with Gasteiger partial charge in [0.05, 0.1) is 0 Å². The zero-order chi connectivity index (χ0) is 17.3. The normalized spacial score (nSPS) is 21.6. The van der Waals surface area contributed by atoms with Gasteiger partial charge in [-0.2, -0.15) is 0 Å². The van der Waals surface area contributed by atoms with Gasteiger partial charge in [-0.3, -0.25) is 9.79 Å². The minimum atomic E-state index is -0.336. The van der Waals surface area contributed by atoms with Crippen LogP contribution in [0.2, 0.25) is 0 Å². The number of nitrogens with one attached hydrogen (secondary N) is 3. The Morgan fingerprint density at radius 2 is 1.71 bits per heavy atom. The van der Waals surface area contributed by atoms with E-state index in [-0.39, 0.29) is 35.3 Å². The van der Waals surface area contributed by atoms with Crippen LogP contribution in [0.25, 0.3) is 0 Å². The fourth-order valence-corrected chi connectivity index (χ4v) is 3.06. The summed E-state index contributed by atoms with van der Waals surface area (Å²) >= 11 is 0. The van der Waals surface area contributed by atoms with Gasteiger partial charge in [0.15, 0.2) is 5.96 Å². The predicted molar refractivity (Wildman–Crippen MR) is 113 cm³/mol. The highest BCUT2D eigenvalue weighted by atomic mass is 127. The Kier molecular flexibility index (Phi) is 11.7. The third-order valence-electron chi connectivity index (χ3n) is 4.50. The predicted octanol–water partition coefficient (Wildman–Crippen LogP) is 3.15. The Labute approximate surface area is 165 Å². The zero-order valence-electron chi connectivity index (χ0n) is 16.1. The maximum atomic E-state index is 11.8. The standard InChI is InChI=1S/C18H36N4O.HI/c1-14-7-6-8-15(13-14)9-10-21-17(19-5)22-12-11-20-16(23)18(2,3)4;/h14-15H,6-13H2,1-5H3,(H,20,23)(H2,19,21,22);1H. The molecule has 0 radical (unpaired) electrons. The quantitative estimate of drug-likeness (QED) is 0.251. The molecule has 0 spiro atoms. The molecule has 24 heavy (non-hydrogen) atoms. The van der Waals surface area contributed by atoms with Crippen molar-refractivity contribution in [3.05, 3.63) is 0 Å². The Morgan fingerprint density at radius 3 is 2.29 bits per heavy atom. The van der Waals surface area contributed by atoms with E-state index in [1.807, 2.05) is 20.8 Å². The Balaban J connectivity index is 0.00000529. The summed E-state index contributed by atoms with van der Waals surface area (Å²) < 4.78 is 0. The van der Waals surface area contributed by atoms with Gasteiger partial charge in [0.2, 0.25) is 5.91 Å². The van der Waals surface area contributed by atoms with E-state index in [1.165, 1.54) is 32.1 Å². The van der Waals surface area contributed by atoms with Crippen molar-refractivity contribution in [3.8, 4) is 0 Å². The number of carbonyl (C=O) groups is 1. The summed E-state index contributed by atoms with van der Waals surface area (Å²) in [4.78, 5) is 16.0. The lowest BCUT2D eigenvalue weighted by Crippen LogP contribution is -2.43. The maximum Gasteiger partial charge on any atom is 0.225 e. The monoisotopic (exact) mass is 452 g/mol. The van der Waals surface area contributed by atoms with Crippen LogP contribution in [0, 0.1) is 17.3 Å². The Hall–Kier alpha value is -0.530. The lowest BCUT2D eigenvalue weighted by molar-refractivity contribution is -0.128. The lowest BCUT2D eigenvalue weighted by atomic mass is 9.81. The van der Waals surface area contributed by atoms with Crippen LogP contribution in [0.4, 0.5) is 0 Å². The summed E-state index contributed by atoms with van der Waals surface area (Å²) in [6.07, 6.45) is 6.73. The lowest BCUT2D eigenvalue weighted by Gasteiger charge is -2.26. The molecule has 5 nitrogen and oxygen atoms in total. The largest absolute Gasteiger partial charge is 0.356 e. The molecule has 142 valence electrons. The number of guanidine groups is 1. The van der Waals surface area contributed by atoms with Gasteiger partial charge in [0.25, 0.3) is 0 Å². The van der Waals surface area contributed by atoms with E-state index in [0.717, 1.165) is 24.3 Å². The van der Waals surface area contributed by atoms with Crippen LogP contribution in [0.3, 0.4) is 0 Å². The Bertz CT molecular complexity index is 393. The molecular weight excluding hydrogens is 415 g/mol.